The zero-order valence-corrected chi connectivity index (χ0v) is 13.0. The standard InChI is InChI=1S/C16H21N5O2/c17-13-4-2-9-21(10-7-13)15(22)6-5-14-19-16(20-23-14)12-3-1-8-18-11-12/h1,3,8,11,13H,2,4-7,9-10,17H2/t13-/m0/s1. The van der Waals surface area contributed by atoms with E-state index in [2.05, 4.69) is 15.1 Å². The lowest BCUT2D eigenvalue weighted by molar-refractivity contribution is -0.131. The molecule has 122 valence electrons. The van der Waals surface area contributed by atoms with E-state index in [9.17, 15) is 4.79 Å². The van der Waals surface area contributed by atoms with E-state index < -0.39 is 0 Å². The van der Waals surface area contributed by atoms with E-state index in [0.717, 1.165) is 37.9 Å². The third kappa shape index (κ3) is 4.13. The monoisotopic (exact) mass is 315 g/mol. The molecule has 3 rings (SSSR count). The van der Waals surface area contributed by atoms with Crippen molar-refractivity contribution in [3.05, 3.63) is 30.4 Å². The number of likely N-dealkylation sites (tertiary alicyclic amines) is 1. The minimum Gasteiger partial charge on any atom is -0.343 e. The zero-order chi connectivity index (χ0) is 16.1. The maximum absolute atomic E-state index is 12.3. The molecule has 23 heavy (non-hydrogen) atoms. The van der Waals surface area contributed by atoms with Crippen LogP contribution >= 0.6 is 0 Å². The predicted octanol–water partition coefficient (Wildman–Crippen LogP) is 1.40. The fourth-order valence-corrected chi connectivity index (χ4v) is 2.71. The molecular formula is C16H21N5O2. The number of carbonyl (C=O) groups is 1. The first-order valence-corrected chi connectivity index (χ1v) is 7.99. The van der Waals surface area contributed by atoms with E-state index in [1.165, 1.54) is 0 Å². The maximum Gasteiger partial charge on any atom is 0.227 e. The Bertz CT molecular complexity index is 643. The van der Waals surface area contributed by atoms with Crippen molar-refractivity contribution in [1.82, 2.24) is 20.0 Å². The van der Waals surface area contributed by atoms with Crippen molar-refractivity contribution < 1.29 is 9.32 Å². The SMILES string of the molecule is N[C@H]1CCCN(C(=O)CCc2nc(-c3cccnc3)no2)CC1. The molecule has 1 amide bonds. The Kier molecular flexibility index (Phi) is 4.97. The molecule has 1 atom stereocenters. The summed E-state index contributed by atoms with van der Waals surface area (Å²) in [6.45, 7) is 1.53. The van der Waals surface area contributed by atoms with Gasteiger partial charge in [-0.3, -0.25) is 9.78 Å². The minimum atomic E-state index is 0.125. The second-order valence-corrected chi connectivity index (χ2v) is 5.83. The van der Waals surface area contributed by atoms with Crippen molar-refractivity contribution in [2.45, 2.75) is 38.1 Å². The predicted molar refractivity (Wildman–Crippen MR) is 84.3 cm³/mol. The molecule has 0 radical (unpaired) electrons. The molecule has 1 fully saturated rings. The molecule has 3 heterocycles. The number of pyridine rings is 1. The normalized spacial score (nSPS) is 18.7. The number of nitrogens with two attached hydrogens (primary N) is 1. The largest absolute Gasteiger partial charge is 0.343 e. The fraction of sp³-hybridized carbons (Fsp3) is 0.500. The Labute approximate surface area is 134 Å². The first-order chi connectivity index (χ1) is 11.2. The summed E-state index contributed by atoms with van der Waals surface area (Å²) in [6, 6.07) is 3.90. The quantitative estimate of drug-likeness (QED) is 0.916. The molecule has 1 saturated heterocycles. The van der Waals surface area contributed by atoms with Crippen LogP contribution in [-0.2, 0) is 11.2 Å². The third-order valence-corrected chi connectivity index (χ3v) is 4.07. The van der Waals surface area contributed by atoms with Gasteiger partial charge in [0.1, 0.15) is 0 Å². The summed E-state index contributed by atoms with van der Waals surface area (Å²) >= 11 is 0. The van der Waals surface area contributed by atoms with Crippen molar-refractivity contribution in [2.75, 3.05) is 13.1 Å². The van der Waals surface area contributed by atoms with Crippen molar-refractivity contribution in [3.8, 4) is 11.4 Å². The van der Waals surface area contributed by atoms with Gasteiger partial charge in [-0.1, -0.05) is 5.16 Å². The smallest absolute Gasteiger partial charge is 0.227 e. The van der Waals surface area contributed by atoms with E-state index in [4.69, 9.17) is 10.3 Å². The number of nitrogens with zero attached hydrogens (tertiary/aromatic N) is 4. The van der Waals surface area contributed by atoms with Gasteiger partial charge in [-0.05, 0) is 31.4 Å². The highest BCUT2D eigenvalue weighted by atomic mass is 16.5. The topological polar surface area (TPSA) is 98.1 Å². The highest BCUT2D eigenvalue weighted by Gasteiger charge is 2.19. The molecule has 0 unspecified atom stereocenters. The first-order valence-electron chi connectivity index (χ1n) is 7.99. The van der Waals surface area contributed by atoms with Crippen molar-refractivity contribution in [2.24, 2.45) is 5.73 Å². The molecule has 7 nitrogen and oxygen atoms in total. The van der Waals surface area contributed by atoms with Crippen LogP contribution in [0.25, 0.3) is 11.4 Å². The lowest BCUT2D eigenvalue weighted by atomic mass is 10.1. The Hall–Kier alpha value is -2.28. The van der Waals surface area contributed by atoms with E-state index in [1.54, 1.807) is 12.4 Å². The lowest BCUT2D eigenvalue weighted by Gasteiger charge is -2.19. The number of carbonyl (C=O) groups excluding carboxylic acids is 1. The highest BCUT2D eigenvalue weighted by Crippen LogP contribution is 2.15. The molecule has 0 spiro atoms. The van der Waals surface area contributed by atoms with E-state index >= 15 is 0 Å². The summed E-state index contributed by atoms with van der Waals surface area (Å²) < 4.78 is 5.22. The lowest BCUT2D eigenvalue weighted by Crippen LogP contribution is -2.33. The van der Waals surface area contributed by atoms with Gasteiger partial charge in [-0.2, -0.15) is 4.98 Å². The first kappa shape index (κ1) is 15.6. The highest BCUT2D eigenvalue weighted by molar-refractivity contribution is 5.76. The molecule has 0 saturated carbocycles. The van der Waals surface area contributed by atoms with E-state index in [0.29, 0.717) is 24.6 Å². The number of hydrogen-bond acceptors (Lipinski definition) is 6. The van der Waals surface area contributed by atoms with Crippen LogP contribution in [0.15, 0.2) is 29.0 Å². The minimum absolute atomic E-state index is 0.125. The van der Waals surface area contributed by atoms with Crippen LogP contribution in [0, 0.1) is 0 Å². The average Bonchev–Trinajstić information content (AvgIpc) is 2.95. The maximum atomic E-state index is 12.3. The number of amides is 1. The number of aryl methyl sites for hydroxylation is 1. The van der Waals surface area contributed by atoms with Crippen molar-refractivity contribution in [3.63, 3.8) is 0 Å². The van der Waals surface area contributed by atoms with Gasteiger partial charge in [0.15, 0.2) is 0 Å². The van der Waals surface area contributed by atoms with Gasteiger partial charge < -0.3 is 15.2 Å². The van der Waals surface area contributed by atoms with Crippen LogP contribution in [0.1, 0.15) is 31.6 Å². The fourth-order valence-electron chi connectivity index (χ4n) is 2.71. The van der Waals surface area contributed by atoms with Gasteiger partial charge >= 0.3 is 0 Å². The summed E-state index contributed by atoms with van der Waals surface area (Å²) in [7, 11) is 0. The van der Waals surface area contributed by atoms with E-state index in [1.807, 2.05) is 17.0 Å². The Morgan fingerprint density at radius 1 is 1.39 bits per heavy atom. The van der Waals surface area contributed by atoms with E-state index in [-0.39, 0.29) is 11.9 Å². The van der Waals surface area contributed by atoms with Crippen LogP contribution in [0.3, 0.4) is 0 Å². The number of aromatic nitrogens is 3. The Morgan fingerprint density at radius 3 is 3.13 bits per heavy atom. The molecule has 2 aromatic heterocycles. The number of rotatable bonds is 4. The second-order valence-electron chi connectivity index (χ2n) is 5.83. The summed E-state index contributed by atoms with van der Waals surface area (Å²) in [5.74, 6) is 1.10. The van der Waals surface area contributed by atoms with Crippen LogP contribution in [-0.4, -0.2) is 45.1 Å². The summed E-state index contributed by atoms with van der Waals surface area (Å²) in [5.41, 5.74) is 6.75. The van der Waals surface area contributed by atoms with Crippen LogP contribution in [0.4, 0.5) is 0 Å². The molecule has 2 aromatic rings. The second kappa shape index (κ2) is 7.32. The van der Waals surface area contributed by atoms with Gasteiger partial charge in [-0.25, -0.2) is 0 Å². The van der Waals surface area contributed by atoms with Crippen LogP contribution < -0.4 is 5.73 Å². The van der Waals surface area contributed by atoms with Gasteiger partial charge in [-0.15, -0.1) is 0 Å². The molecule has 0 aromatic carbocycles. The van der Waals surface area contributed by atoms with Gasteiger partial charge in [0, 0.05) is 49.9 Å². The summed E-state index contributed by atoms with van der Waals surface area (Å²) in [6.07, 6.45) is 7.03. The van der Waals surface area contributed by atoms with Crippen LogP contribution in [0.5, 0.6) is 0 Å². The zero-order valence-electron chi connectivity index (χ0n) is 13.0. The molecule has 1 aliphatic rings. The van der Waals surface area contributed by atoms with Gasteiger partial charge in [0.2, 0.25) is 17.6 Å². The molecule has 0 bridgehead atoms. The summed E-state index contributed by atoms with van der Waals surface area (Å²) in [4.78, 5) is 22.5. The van der Waals surface area contributed by atoms with Crippen LogP contribution in [0.2, 0.25) is 0 Å². The molecule has 1 aliphatic heterocycles. The van der Waals surface area contributed by atoms with Gasteiger partial charge in [0.05, 0.1) is 0 Å². The third-order valence-electron chi connectivity index (χ3n) is 4.07. The summed E-state index contributed by atoms with van der Waals surface area (Å²) in [5, 5.41) is 3.93. The molecular weight excluding hydrogens is 294 g/mol. The Balaban J connectivity index is 1.54. The molecule has 2 N–H and O–H groups in total. The average molecular weight is 315 g/mol. The molecule has 0 aliphatic carbocycles. The molecule has 7 heteroatoms. The Morgan fingerprint density at radius 2 is 2.30 bits per heavy atom. The van der Waals surface area contributed by atoms with Crippen molar-refractivity contribution in [1.29, 1.82) is 0 Å². The number of hydrogen-bond donors (Lipinski definition) is 1. The van der Waals surface area contributed by atoms with Gasteiger partial charge in [0.25, 0.3) is 0 Å². The van der Waals surface area contributed by atoms with Crippen molar-refractivity contribution >= 4 is 5.91 Å².